The van der Waals surface area contributed by atoms with Crippen molar-refractivity contribution in [2.75, 3.05) is 6.26 Å². The number of ether oxygens (including phenoxy) is 1. The Bertz CT molecular complexity index is 835. The molecule has 2 atom stereocenters. The average Bonchev–Trinajstić information content (AvgIpc) is 2.62. The van der Waals surface area contributed by atoms with Gasteiger partial charge in [-0.05, 0) is 11.5 Å². The van der Waals surface area contributed by atoms with Gasteiger partial charge in [-0.25, -0.2) is 13.2 Å². The number of carbonyl (C=O) groups is 3. The molecule has 29 heavy (non-hydrogen) atoms. The highest BCUT2D eigenvalue weighted by atomic mass is 32.2. The monoisotopic (exact) mass is 426 g/mol. The van der Waals surface area contributed by atoms with Crippen LogP contribution >= 0.6 is 0 Å². The standard InChI is InChI=1S/C19H26N2O7S/c1-13(2)17(21-19(25)28-12-14-7-5-4-6-8-14)18(24)20-15(11-16(22)23)9-10-29(3,26)27/h4-10,13,15,17H,11-12H2,1-3H3,(H,20,24)(H,21,25)(H,22,23). The van der Waals surface area contributed by atoms with Gasteiger partial charge in [-0.15, -0.1) is 0 Å². The first-order valence-corrected chi connectivity index (χ1v) is 10.8. The zero-order valence-corrected chi connectivity index (χ0v) is 17.3. The van der Waals surface area contributed by atoms with Crippen molar-refractivity contribution < 1.29 is 32.6 Å². The van der Waals surface area contributed by atoms with Crippen LogP contribution in [0, 0.1) is 5.92 Å². The van der Waals surface area contributed by atoms with Gasteiger partial charge in [0, 0.05) is 11.7 Å². The summed E-state index contributed by atoms with van der Waals surface area (Å²) in [5.41, 5.74) is 0.778. The fourth-order valence-electron chi connectivity index (χ4n) is 2.29. The second kappa shape index (κ2) is 11.2. The summed E-state index contributed by atoms with van der Waals surface area (Å²) in [4.78, 5) is 35.6. The Labute approximate surface area is 170 Å². The van der Waals surface area contributed by atoms with Crippen LogP contribution < -0.4 is 10.6 Å². The van der Waals surface area contributed by atoms with Crippen LogP contribution in [0.3, 0.4) is 0 Å². The Hall–Kier alpha value is -2.88. The van der Waals surface area contributed by atoms with Crippen LogP contribution in [-0.4, -0.2) is 49.8 Å². The quantitative estimate of drug-likeness (QED) is 0.515. The number of hydrogen-bond acceptors (Lipinski definition) is 6. The molecule has 0 aliphatic carbocycles. The van der Waals surface area contributed by atoms with E-state index in [-0.39, 0.29) is 12.5 Å². The predicted molar refractivity (Wildman–Crippen MR) is 107 cm³/mol. The summed E-state index contributed by atoms with van der Waals surface area (Å²) < 4.78 is 27.6. The second-order valence-corrected chi connectivity index (χ2v) is 8.73. The third-order valence-corrected chi connectivity index (χ3v) is 4.37. The molecular formula is C19H26N2O7S. The molecule has 1 aromatic carbocycles. The minimum atomic E-state index is -3.49. The Balaban J connectivity index is 2.76. The smallest absolute Gasteiger partial charge is 0.408 e. The molecule has 10 heteroatoms. The zero-order valence-electron chi connectivity index (χ0n) is 16.5. The van der Waals surface area contributed by atoms with Crippen molar-refractivity contribution in [2.24, 2.45) is 5.92 Å². The van der Waals surface area contributed by atoms with E-state index in [2.05, 4.69) is 10.6 Å². The van der Waals surface area contributed by atoms with Gasteiger partial charge in [0.15, 0.2) is 9.84 Å². The molecule has 2 unspecified atom stereocenters. The van der Waals surface area contributed by atoms with Gasteiger partial charge in [-0.2, -0.15) is 0 Å². The highest BCUT2D eigenvalue weighted by molar-refractivity contribution is 7.93. The lowest BCUT2D eigenvalue weighted by Crippen LogP contribution is -2.52. The first kappa shape index (κ1) is 24.2. The number of hydrogen-bond donors (Lipinski definition) is 3. The molecule has 9 nitrogen and oxygen atoms in total. The normalized spacial score (nSPS) is 13.7. The number of aliphatic carboxylic acids is 1. The fourth-order valence-corrected chi connectivity index (χ4v) is 2.77. The van der Waals surface area contributed by atoms with Gasteiger partial charge in [0.25, 0.3) is 0 Å². The van der Waals surface area contributed by atoms with Crippen molar-refractivity contribution >= 4 is 27.8 Å². The SMILES string of the molecule is CC(C)C(NC(=O)OCc1ccccc1)C(=O)NC(C=CS(C)(=O)=O)CC(=O)O. The van der Waals surface area contributed by atoms with Crippen LogP contribution in [-0.2, 0) is 30.8 Å². The molecule has 160 valence electrons. The Morgan fingerprint density at radius 2 is 1.76 bits per heavy atom. The van der Waals surface area contributed by atoms with Gasteiger partial charge in [-0.3, -0.25) is 9.59 Å². The van der Waals surface area contributed by atoms with E-state index in [1.165, 1.54) is 0 Å². The molecule has 0 fully saturated rings. The molecule has 2 amide bonds. The highest BCUT2D eigenvalue weighted by Gasteiger charge is 2.27. The number of sulfone groups is 1. The fraction of sp³-hybridized carbons (Fsp3) is 0.421. The average molecular weight is 426 g/mol. The van der Waals surface area contributed by atoms with Gasteiger partial charge in [0.05, 0.1) is 12.5 Å². The summed E-state index contributed by atoms with van der Waals surface area (Å²) in [6.45, 7) is 3.42. The molecule has 0 saturated carbocycles. The Kier molecular flexibility index (Phi) is 9.33. The van der Waals surface area contributed by atoms with Gasteiger partial charge in [0.2, 0.25) is 5.91 Å². The number of nitrogens with one attached hydrogen (secondary N) is 2. The summed E-state index contributed by atoms with van der Waals surface area (Å²) >= 11 is 0. The Morgan fingerprint density at radius 3 is 2.28 bits per heavy atom. The lowest BCUT2D eigenvalue weighted by Gasteiger charge is -2.23. The third-order valence-electron chi connectivity index (χ3n) is 3.72. The van der Waals surface area contributed by atoms with E-state index >= 15 is 0 Å². The van der Waals surface area contributed by atoms with Crippen molar-refractivity contribution in [2.45, 2.75) is 39.0 Å². The van der Waals surface area contributed by atoms with E-state index in [1.54, 1.807) is 38.1 Å². The summed E-state index contributed by atoms with van der Waals surface area (Å²) in [6, 6.07) is 6.93. The molecule has 0 radical (unpaired) electrons. The van der Waals surface area contributed by atoms with E-state index in [0.29, 0.717) is 0 Å². The van der Waals surface area contributed by atoms with Crippen molar-refractivity contribution in [1.29, 1.82) is 0 Å². The van der Waals surface area contributed by atoms with Crippen LogP contribution in [0.4, 0.5) is 4.79 Å². The zero-order chi connectivity index (χ0) is 22.0. The highest BCUT2D eigenvalue weighted by Crippen LogP contribution is 2.06. The van der Waals surface area contributed by atoms with Crippen LogP contribution in [0.2, 0.25) is 0 Å². The largest absolute Gasteiger partial charge is 0.481 e. The third kappa shape index (κ3) is 10.3. The van der Waals surface area contributed by atoms with E-state index in [0.717, 1.165) is 23.3 Å². The first-order valence-electron chi connectivity index (χ1n) is 8.85. The van der Waals surface area contributed by atoms with Crippen LogP contribution in [0.25, 0.3) is 0 Å². The van der Waals surface area contributed by atoms with Gasteiger partial charge in [0.1, 0.15) is 12.6 Å². The van der Waals surface area contributed by atoms with E-state index in [9.17, 15) is 22.8 Å². The molecule has 0 bridgehead atoms. The molecule has 0 aliphatic rings. The summed E-state index contributed by atoms with van der Waals surface area (Å²) in [5.74, 6) is -2.20. The van der Waals surface area contributed by atoms with Crippen molar-refractivity contribution in [1.82, 2.24) is 10.6 Å². The van der Waals surface area contributed by atoms with Gasteiger partial charge < -0.3 is 20.5 Å². The predicted octanol–water partition coefficient (Wildman–Crippen LogP) is 1.46. The molecule has 0 heterocycles. The van der Waals surface area contributed by atoms with E-state index in [4.69, 9.17) is 9.84 Å². The minimum absolute atomic E-state index is 0.0256. The lowest BCUT2D eigenvalue weighted by molar-refractivity contribution is -0.137. The number of rotatable bonds is 10. The van der Waals surface area contributed by atoms with Crippen molar-refractivity contribution in [3.05, 3.63) is 47.4 Å². The maximum atomic E-state index is 12.6. The van der Waals surface area contributed by atoms with Crippen LogP contribution in [0.5, 0.6) is 0 Å². The van der Waals surface area contributed by atoms with Crippen molar-refractivity contribution in [3.8, 4) is 0 Å². The van der Waals surface area contributed by atoms with E-state index < -0.39 is 46.3 Å². The molecule has 1 aromatic rings. The molecule has 0 saturated heterocycles. The molecule has 3 N–H and O–H groups in total. The molecule has 0 aromatic heterocycles. The molecule has 1 rings (SSSR count). The van der Waals surface area contributed by atoms with E-state index in [1.807, 2.05) is 6.07 Å². The number of carbonyl (C=O) groups excluding carboxylic acids is 2. The molecule has 0 aliphatic heterocycles. The topological polar surface area (TPSA) is 139 Å². The Morgan fingerprint density at radius 1 is 1.14 bits per heavy atom. The van der Waals surface area contributed by atoms with Crippen LogP contribution in [0.1, 0.15) is 25.8 Å². The minimum Gasteiger partial charge on any atom is -0.481 e. The number of amides is 2. The van der Waals surface area contributed by atoms with Gasteiger partial charge >= 0.3 is 12.1 Å². The summed E-state index contributed by atoms with van der Waals surface area (Å²) in [7, 11) is -3.49. The maximum absolute atomic E-state index is 12.6. The van der Waals surface area contributed by atoms with Crippen molar-refractivity contribution in [3.63, 3.8) is 0 Å². The second-order valence-electron chi connectivity index (χ2n) is 6.80. The lowest BCUT2D eigenvalue weighted by atomic mass is 10.0. The summed E-state index contributed by atoms with van der Waals surface area (Å²) in [6.07, 6.45) is 0.724. The maximum Gasteiger partial charge on any atom is 0.408 e. The molecular weight excluding hydrogens is 400 g/mol. The number of benzene rings is 1. The number of carboxylic acid groups (broad SMARTS) is 1. The molecule has 0 spiro atoms. The number of alkyl carbamates (subject to hydrolysis) is 1. The van der Waals surface area contributed by atoms with Gasteiger partial charge in [-0.1, -0.05) is 50.3 Å². The first-order chi connectivity index (χ1) is 13.5. The van der Waals surface area contributed by atoms with Crippen LogP contribution in [0.15, 0.2) is 41.8 Å². The summed E-state index contributed by atoms with van der Waals surface area (Å²) in [5, 5.41) is 14.7. The number of carboxylic acids is 1.